The predicted molar refractivity (Wildman–Crippen MR) is 188 cm³/mol. The summed E-state index contributed by atoms with van der Waals surface area (Å²) in [5.74, 6) is 0.782. The molecule has 1 atom stereocenters. The molecule has 0 aromatic heterocycles. The summed E-state index contributed by atoms with van der Waals surface area (Å²) in [6.45, 7) is 11.6. The number of hydrogen-bond donors (Lipinski definition) is 0. The number of oxime groups is 2. The summed E-state index contributed by atoms with van der Waals surface area (Å²) < 4.78 is 13.5. The number of benzene rings is 2. The first-order chi connectivity index (χ1) is 22.1. The first kappa shape index (κ1) is 39.3. The fraction of sp³-hybridized carbons (Fsp3) is 0.438. The largest absolute Gasteiger partial charge is 0.457 e. The van der Waals surface area contributed by atoms with Crippen LogP contribution in [0.2, 0.25) is 0 Å². The summed E-state index contributed by atoms with van der Waals surface area (Å²) in [4.78, 5) is 45.1. The summed E-state index contributed by atoms with van der Waals surface area (Å²) in [6.07, 6.45) is 1.25. The number of rotatable bonds is 9. The van der Waals surface area contributed by atoms with Gasteiger partial charge >= 0.3 is 18.2 Å². The van der Waals surface area contributed by atoms with E-state index >= 15 is 0 Å². The zero-order chi connectivity index (χ0) is 35.4. The molecule has 1 unspecified atom stereocenters. The molecule has 0 radical (unpaired) electrons. The molecule has 12 nitrogen and oxygen atoms in total. The summed E-state index contributed by atoms with van der Waals surface area (Å²) in [6, 6.07) is 18.6. The average molecular weight is 704 g/mol. The second-order valence-electron chi connectivity index (χ2n) is 11.2. The van der Waals surface area contributed by atoms with E-state index in [9.17, 15) is 19.6 Å². The molecule has 2 amide bonds. The third-order valence-electron chi connectivity index (χ3n) is 7.60. The highest BCUT2D eigenvalue weighted by molar-refractivity contribution is 8.13. The number of amides is 2. The molecule has 3 rings (SSSR count). The van der Waals surface area contributed by atoms with E-state index in [0.29, 0.717) is 27.1 Å². The molecule has 0 N–H and O–H groups in total. The Bertz CT molecular complexity index is 1440. The van der Waals surface area contributed by atoms with Crippen LogP contribution in [0.5, 0.6) is 11.5 Å². The van der Waals surface area contributed by atoms with E-state index < -0.39 is 18.3 Å². The smallest absolute Gasteiger partial charge is 0.447 e. The van der Waals surface area contributed by atoms with Gasteiger partial charge in [0.25, 0.3) is 0 Å². The molecule has 0 bridgehead atoms. The van der Waals surface area contributed by atoms with Crippen molar-refractivity contribution in [3.63, 3.8) is 0 Å². The maximum absolute atomic E-state index is 12.6. The molecule has 0 heterocycles. The standard InChI is InChI=1S/C22H23NO3.C10H18N4O4S3/c1-21(2)19(22(21,3)4)20(24)26-18(14-23)15-9-8-12-17(13-15)25-16-10-6-5-7-11-16;1-7(19-5)11-17-9(15)13(3)21-14(4)10(16)18-12-8(2)20-6/h5-13,18-19H,1-4H3;1-6H3/b;11-7-,12-8-. The first-order valence-corrected chi connectivity index (χ1v) is 17.4. The molecular weight excluding hydrogens is 663 g/mol. The van der Waals surface area contributed by atoms with Crippen molar-refractivity contribution < 1.29 is 33.5 Å². The Morgan fingerprint density at radius 2 is 1.32 bits per heavy atom. The zero-order valence-electron chi connectivity index (χ0n) is 28.2. The minimum atomic E-state index is -0.950. The van der Waals surface area contributed by atoms with Gasteiger partial charge in [0.1, 0.15) is 27.7 Å². The molecule has 2 aromatic rings. The number of esters is 1. The number of carbonyl (C=O) groups is 3. The van der Waals surface area contributed by atoms with E-state index in [4.69, 9.17) is 9.47 Å². The minimum absolute atomic E-state index is 0.123. The van der Waals surface area contributed by atoms with Crippen LogP contribution in [0, 0.1) is 28.1 Å². The summed E-state index contributed by atoms with van der Waals surface area (Å²) in [7, 11) is 2.88. The van der Waals surface area contributed by atoms with E-state index in [1.165, 1.54) is 37.6 Å². The molecule has 47 heavy (non-hydrogen) atoms. The fourth-order valence-corrected chi connectivity index (χ4v) is 4.94. The Morgan fingerprint density at radius 3 is 1.77 bits per heavy atom. The quantitative estimate of drug-likeness (QED) is 0.0621. The van der Waals surface area contributed by atoms with Crippen LogP contribution in [-0.4, -0.2) is 63.5 Å². The zero-order valence-corrected chi connectivity index (χ0v) is 30.6. The van der Waals surface area contributed by atoms with Crippen molar-refractivity contribution in [3.05, 3.63) is 60.2 Å². The lowest BCUT2D eigenvalue weighted by atomic mass is 10.0. The molecular formula is C32H41N5O7S3. The van der Waals surface area contributed by atoms with Crippen molar-refractivity contribution in [2.24, 2.45) is 27.1 Å². The van der Waals surface area contributed by atoms with Crippen LogP contribution in [0.25, 0.3) is 0 Å². The highest BCUT2D eigenvalue weighted by Crippen LogP contribution is 2.68. The van der Waals surface area contributed by atoms with Gasteiger partial charge in [-0.2, -0.15) is 5.26 Å². The van der Waals surface area contributed by atoms with Crippen molar-refractivity contribution in [1.82, 2.24) is 8.61 Å². The van der Waals surface area contributed by atoms with Crippen LogP contribution in [-0.2, 0) is 19.2 Å². The lowest BCUT2D eigenvalue weighted by Gasteiger charge is -2.19. The number of thioether (sulfide) groups is 2. The Morgan fingerprint density at radius 1 is 0.830 bits per heavy atom. The van der Waals surface area contributed by atoms with Crippen molar-refractivity contribution in [2.45, 2.75) is 47.6 Å². The Balaban J connectivity index is 0.000000336. The average Bonchev–Trinajstić information content (AvgIpc) is 3.48. The van der Waals surface area contributed by atoms with Gasteiger partial charge in [0, 0.05) is 19.7 Å². The molecule has 1 aliphatic rings. The van der Waals surface area contributed by atoms with E-state index in [1.54, 1.807) is 38.1 Å². The van der Waals surface area contributed by atoms with E-state index in [-0.39, 0.29) is 22.7 Å². The van der Waals surface area contributed by atoms with Gasteiger partial charge in [-0.05, 0) is 61.5 Å². The topological polar surface area (TPSA) is 143 Å². The number of nitrogens with zero attached hydrogens (tertiary/aromatic N) is 5. The number of carbonyl (C=O) groups excluding carboxylic acids is 3. The minimum Gasteiger partial charge on any atom is -0.457 e. The van der Waals surface area contributed by atoms with Gasteiger partial charge in [-0.3, -0.25) is 14.5 Å². The summed E-state index contributed by atoms with van der Waals surface area (Å²) >= 11 is 3.51. The highest BCUT2D eigenvalue weighted by atomic mass is 32.2. The monoisotopic (exact) mass is 703 g/mol. The SMILES string of the molecule is CC1(C)C(C(=O)OC(C#N)c2cccc(Oc3ccccc3)c2)C1(C)C.CS/C(C)=N\OC(=O)N(C)SN(C)C(=O)O/N=C(/C)SC. The fourth-order valence-electron chi connectivity index (χ4n) is 4.15. The van der Waals surface area contributed by atoms with Crippen LogP contribution in [0.1, 0.15) is 53.2 Å². The van der Waals surface area contributed by atoms with Crippen molar-refractivity contribution in [2.75, 3.05) is 26.6 Å². The number of para-hydroxylation sites is 1. The van der Waals surface area contributed by atoms with Crippen molar-refractivity contribution in [3.8, 4) is 17.6 Å². The van der Waals surface area contributed by atoms with Gasteiger partial charge in [-0.25, -0.2) is 18.2 Å². The van der Waals surface area contributed by atoms with E-state index in [2.05, 4.69) is 53.8 Å². The molecule has 0 saturated heterocycles. The molecule has 1 fully saturated rings. The normalized spacial score (nSPS) is 15.5. The van der Waals surface area contributed by atoms with Crippen LogP contribution >= 0.6 is 35.7 Å². The van der Waals surface area contributed by atoms with Crippen LogP contribution < -0.4 is 4.74 Å². The van der Waals surface area contributed by atoms with Gasteiger partial charge in [0.05, 0.1) is 18.1 Å². The third-order valence-corrected chi connectivity index (χ3v) is 9.72. The number of ether oxygens (including phenoxy) is 2. The maximum atomic E-state index is 12.6. The second kappa shape index (κ2) is 17.9. The molecule has 1 aliphatic carbocycles. The molecule has 15 heteroatoms. The van der Waals surface area contributed by atoms with Crippen LogP contribution in [0.15, 0.2) is 64.9 Å². The molecule has 2 aromatic carbocycles. The predicted octanol–water partition coefficient (Wildman–Crippen LogP) is 8.35. The van der Waals surface area contributed by atoms with Gasteiger partial charge in [0.2, 0.25) is 6.10 Å². The highest BCUT2D eigenvalue weighted by Gasteiger charge is 2.69. The second-order valence-corrected chi connectivity index (χ2v) is 14.5. The van der Waals surface area contributed by atoms with Gasteiger partial charge < -0.3 is 9.47 Å². The molecule has 1 saturated carbocycles. The molecule has 0 spiro atoms. The Hall–Kier alpha value is -3.87. The maximum Gasteiger partial charge on any atom is 0.447 e. The molecule has 254 valence electrons. The summed E-state index contributed by atoms with van der Waals surface area (Å²) in [5, 5.41) is 17.9. The van der Waals surface area contributed by atoms with E-state index in [1.807, 2.05) is 42.8 Å². The van der Waals surface area contributed by atoms with E-state index in [0.717, 1.165) is 20.7 Å². The van der Waals surface area contributed by atoms with Crippen molar-refractivity contribution >= 4 is 63.9 Å². The summed E-state index contributed by atoms with van der Waals surface area (Å²) in [5.41, 5.74) is 0.357. The van der Waals surface area contributed by atoms with Crippen LogP contribution in [0.3, 0.4) is 0 Å². The number of hydrogen-bond acceptors (Lipinski definition) is 13. The lowest BCUT2D eigenvalue weighted by Crippen LogP contribution is -2.28. The van der Waals surface area contributed by atoms with Gasteiger partial charge in [-0.1, -0.05) is 68.3 Å². The van der Waals surface area contributed by atoms with Gasteiger partial charge in [0.15, 0.2) is 0 Å². The number of nitriles is 1. The van der Waals surface area contributed by atoms with Crippen LogP contribution in [0.4, 0.5) is 9.59 Å². The first-order valence-electron chi connectivity index (χ1n) is 14.3. The lowest BCUT2D eigenvalue weighted by molar-refractivity contribution is -0.150. The Labute approximate surface area is 289 Å². The molecule has 0 aliphatic heterocycles. The third kappa shape index (κ3) is 11.4. The Kier molecular flexibility index (Phi) is 15.0. The van der Waals surface area contributed by atoms with Gasteiger partial charge in [-0.15, -0.1) is 23.5 Å². The van der Waals surface area contributed by atoms with Crippen molar-refractivity contribution in [1.29, 1.82) is 5.26 Å².